The maximum absolute atomic E-state index is 12.6. The molecule has 1 aromatic carbocycles. The van der Waals surface area contributed by atoms with Gasteiger partial charge in [-0.2, -0.15) is 5.21 Å². The standard InChI is InChI=1S/C22H23N7O3S/c30-19-3-1-2-10-28(19)15-4-6-16(7-5-15)29-13-14(11-20(29)31)12-23-22(32)18-9-8-17(33-18)21-24-26-27-25-21/h4-9,14H,1-3,10-13H2,(H,23,32)(H,24,25,26,27). The Hall–Kier alpha value is -3.60. The fourth-order valence-electron chi connectivity index (χ4n) is 4.23. The number of anilines is 2. The minimum absolute atomic E-state index is 0.0291. The van der Waals surface area contributed by atoms with E-state index in [1.165, 1.54) is 11.3 Å². The number of carbonyl (C=O) groups excluding carboxylic acids is 3. The summed E-state index contributed by atoms with van der Waals surface area (Å²) in [6.45, 7) is 1.69. The van der Waals surface area contributed by atoms with Gasteiger partial charge in [-0.15, -0.1) is 21.5 Å². The molecule has 2 N–H and O–H groups in total. The van der Waals surface area contributed by atoms with Crippen LogP contribution in [0.25, 0.3) is 10.7 Å². The predicted molar refractivity (Wildman–Crippen MR) is 123 cm³/mol. The number of rotatable bonds is 6. The molecule has 2 aliphatic rings. The van der Waals surface area contributed by atoms with Gasteiger partial charge in [0.2, 0.25) is 17.6 Å². The first-order chi connectivity index (χ1) is 16.1. The monoisotopic (exact) mass is 465 g/mol. The summed E-state index contributed by atoms with van der Waals surface area (Å²) in [6, 6.07) is 11.1. The first kappa shape index (κ1) is 21.3. The average molecular weight is 466 g/mol. The lowest BCUT2D eigenvalue weighted by atomic mass is 10.1. The zero-order chi connectivity index (χ0) is 22.8. The van der Waals surface area contributed by atoms with Crippen LogP contribution in [0.5, 0.6) is 0 Å². The van der Waals surface area contributed by atoms with Gasteiger partial charge in [0.25, 0.3) is 5.91 Å². The number of thiophene rings is 1. The second-order valence-corrected chi connectivity index (χ2v) is 9.29. The van der Waals surface area contributed by atoms with E-state index in [1.54, 1.807) is 17.0 Å². The lowest BCUT2D eigenvalue weighted by Crippen LogP contribution is -2.35. The van der Waals surface area contributed by atoms with Gasteiger partial charge in [0, 0.05) is 49.8 Å². The highest BCUT2D eigenvalue weighted by Crippen LogP contribution is 2.29. The molecule has 3 aromatic rings. The maximum atomic E-state index is 12.6. The van der Waals surface area contributed by atoms with Crippen LogP contribution in [0.15, 0.2) is 36.4 Å². The van der Waals surface area contributed by atoms with E-state index in [0.717, 1.165) is 35.6 Å². The third kappa shape index (κ3) is 4.49. The Morgan fingerprint density at radius 2 is 1.85 bits per heavy atom. The van der Waals surface area contributed by atoms with E-state index in [4.69, 9.17) is 0 Å². The lowest BCUT2D eigenvalue weighted by Gasteiger charge is -2.27. The maximum Gasteiger partial charge on any atom is 0.261 e. The summed E-state index contributed by atoms with van der Waals surface area (Å²) in [6.07, 6.45) is 2.92. The van der Waals surface area contributed by atoms with Gasteiger partial charge in [0.05, 0.1) is 9.75 Å². The van der Waals surface area contributed by atoms with Crippen molar-refractivity contribution < 1.29 is 14.4 Å². The Morgan fingerprint density at radius 1 is 1.06 bits per heavy atom. The summed E-state index contributed by atoms with van der Waals surface area (Å²) < 4.78 is 0. The molecular formula is C22H23N7O3S. The molecule has 1 unspecified atom stereocenters. The average Bonchev–Trinajstić information content (AvgIpc) is 3.59. The Labute approximate surface area is 194 Å². The number of aromatic nitrogens is 4. The van der Waals surface area contributed by atoms with Crippen molar-refractivity contribution in [3.8, 4) is 10.7 Å². The summed E-state index contributed by atoms with van der Waals surface area (Å²) in [5, 5.41) is 16.7. The van der Waals surface area contributed by atoms with Gasteiger partial charge in [-0.3, -0.25) is 14.4 Å². The number of H-pyrrole nitrogens is 1. The number of piperidine rings is 1. The molecule has 3 amide bonds. The Bertz CT molecular complexity index is 1160. The van der Waals surface area contributed by atoms with Gasteiger partial charge in [0.1, 0.15) is 0 Å². The van der Waals surface area contributed by atoms with E-state index in [0.29, 0.717) is 36.6 Å². The smallest absolute Gasteiger partial charge is 0.261 e. The zero-order valence-electron chi connectivity index (χ0n) is 17.9. The summed E-state index contributed by atoms with van der Waals surface area (Å²) in [5.41, 5.74) is 1.68. The van der Waals surface area contributed by atoms with Crippen LogP contribution in [0.2, 0.25) is 0 Å². The molecule has 11 heteroatoms. The molecule has 2 aromatic heterocycles. The van der Waals surface area contributed by atoms with Crippen LogP contribution in [0, 0.1) is 5.92 Å². The quantitative estimate of drug-likeness (QED) is 0.575. The van der Waals surface area contributed by atoms with Crippen molar-refractivity contribution in [2.24, 2.45) is 5.92 Å². The van der Waals surface area contributed by atoms with E-state index in [-0.39, 0.29) is 23.6 Å². The number of hydrogen-bond acceptors (Lipinski definition) is 7. The van der Waals surface area contributed by atoms with E-state index >= 15 is 0 Å². The van der Waals surface area contributed by atoms with Crippen molar-refractivity contribution in [3.63, 3.8) is 0 Å². The van der Waals surface area contributed by atoms with Crippen molar-refractivity contribution in [1.82, 2.24) is 25.9 Å². The molecular weight excluding hydrogens is 442 g/mol. The molecule has 2 saturated heterocycles. The normalized spacial score (nSPS) is 18.7. The molecule has 2 aliphatic heterocycles. The van der Waals surface area contributed by atoms with Crippen molar-refractivity contribution in [2.45, 2.75) is 25.7 Å². The summed E-state index contributed by atoms with van der Waals surface area (Å²) in [7, 11) is 0. The Kier molecular flexibility index (Phi) is 5.86. The zero-order valence-corrected chi connectivity index (χ0v) is 18.7. The molecule has 10 nitrogen and oxygen atoms in total. The van der Waals surface area contributed by atoms with Crippen LogP contribution in [0.4, 0.5) is 11.4 Å². The third-order valence-corrected chi connectivity index (χ3v) is 7.03. The lowest BCUT2D eigenvalue weighted by molar-refractivity contribution is -0.119. The molecule has 0 bridgehead atoms. The van der Waals surface area contributed by atoms with Gasteiger partial charge in [-0.25, -0.2) is 0 Å². The molecule has 2 fully saturated rings. The Morgan fingerprint density at radius 3 is 2.58 bits per heavy atom. The van der Waals surface area contributed by atoms with Gasteiger partial charge < -0.3 is 15.1 Å². The summed E-state index contributed by atoms with van der Waals surface area (Å²) >= 11 is 1.29. The highest BCUT2D eigenvalue weighted by Gasteiger charge is 2.31. The molecule has 1 atom stereocenters. The third-order valence-electron chi connectivity index (χ3n) is 5.95. The molecule has 5 rings (SSSR count). The molecule has 4 heterocycles. The first-order valence-corrected chi connectivity index (χ1v) is 11.7. The summed E-state index contributed by atoms with van der Waals surface area (Å²) in [4.78, 5) is 42.1. The van der Waals surface area contributed by atoms with Crippen molar-refractivity contribution in [3.05, 3.63) is 41.3 Å². The van der Waals surface area contributed by atoms with E-state index in [1.807, 2.05) is 29.2 Å². The SMILES string of the molecule is O=C(NCC1CC(=O)N(c2ccc(N3CCCCC3=O)cc2)C1)c1ccc(-c2nn[nH]n2)s1. The molecule has 170 valence electrons. The molecule has 33 heavy (non-hydrogen) atoms. The fraction of sp³-hybridized carbons (Fsp3) is 0.364. The molecule has 0 aliphatic carbocycles. The number of amides is 3. The first-order valence-electron chi connectivity index (χ1n) is 10.9. The van der Waals surface area contributed by atoms with Gasteiger partial charge in [0.15, 0.2) is 0 Å². The highest BCUT2D eigenvalue weighted by molar-refractivity contribution is 7.17. The Balaban J connectivity index is 1.17. The fourth-order valence-corrected chi connectivity index (χ4v) is 5.08. The van der Waals surface area contributed by atoms with Gasteiger partial charge in [-0.05, 0) is 54.5 Å². The van der Waals surface area contributed by atoms with Crippen LogP contribution < -0.4 is 15.1 Å². The minimum Gasteiger partial charge on any atom is -0.351 e. The highest BCUT2D eigenvalue weighted by atomic mass is 32.1. The summed E-state index contributed by atoms with van der Waals surface area (Å²) in [5.74, 6) is 0.480. The van der Waals surface area contributed by atoms with Crippen LogP contribution in [0.1, 0.15) is 35.4 Å². The topological polar surface area (TPSA) is 124 Å². The van der Waals surface area contributed by atoms with E-state index < -0.39 is 0 Å². The number of hydrogen-bond donors (Lipinski definition) is 2. The van der Waals surface area contributed by atoms with Crippen molar-refractivity contribution in [1.29, 1.82) is 0 Å². The molecule has 0 spiro atoms. The van der Waals surface area contributed by atoms with Crippen molar-refractivity contribution >= 4 is 40.4 Å². The second-order valence-electron chi connectivity index (χ2n) is 8.20. The van der Waals surface area contributed by atoms with Crippen LogP contribution in [0.3, 0.4) is 0 Å². The minimum atomic E-state index is -0.184. The number of benzene rings is 1. The van der Waals surface area contributed by atoms with Crippen LogP contribution >= 0.6 is 11.3 Å². The molecule has 0 saturated carbocycles. The number of nitrogens with one attached hydrogen (secondary N) is 2. The van der Waals surface area contributed by atoms with E-state index in [9.17, 15) is 14.4 Å². The predicted octanol–water partition coefficient (Wildman–Crippen LogP) is 2.23. The largest absolute Gasteiger partial charge is 0.351 e. The van der Waals surface area contributed by atoms with Crippen LogP contribution in [-0.4, -0.2) is 58.0 Å². The van der Waals surface area contributed by atoms with Gasteiger partial charge >= 0.3 is 0 Å². The number of carbonyl (C=O) groups is 3. The van der Waals surface area contributed by atoms with Gasteiger partial charge in [-0.1, -0.05) is 0 Å². The second kappa shape index (κ2) is 9.10. The van der Waals surface area contributed by atoms with Crippen molar-refractivity contribution in [2.75, 3.05) is 29.4 Å². The van der Waals surface area contributed by atoms with E-state index in [2.05, 4.69) is 25.9 Å². The number of aromatic amines is 1. The van der Waals surface area contributed by atoms with Crippen LogP contribution in [-0.2, 0) is 9.59 Å². The number of nitrogens with zero attached hydrogens (tertiary/aromatic N) is 5. The molecule has 0 radical (unpaired) electrons. The number of tetrazole rings is 1.